The molecule has 1 amide bonds. The molecule has 0 saturated heterocycles. The fourth-order valence-corrected chi connectivity index (χ4v) is 1.45. The molecule has 1 aliphatic rings. The number of hydrogen-bond acceptors (Lipinski definition) is 3. The standard InChI is InChI=1S/C11H13NO3/c1-12(7-13)5-4-9-2-3-10-11(6-9)15-8-14-10/h2-3,6-7H,4-5,8H2,1H3. The van der Waals surface area contributed by atoms with E-state index in [0.29, 0.717) is 13.3 Å². The van der Waals surface area contributed by atoms with Gasteiger partial charge in [0, 0.05) is 13.6 Å². The van der Waals surface area contributed by atoms with E-state index in [1.54, 1.807) is 11.9 Å². The van der Waals surface area contributed by atoms with Gasteiger partial charge in [0.1, 0.15) is 0 Å². The van der Waals surface area contributed by atoms with Crippen molar-refractivity contribution in [3.63, 3.8) is 0 Å². The van der Waals surface area contributed by atoms with Gasteiger partial charge >= 0.3 is 0 Å². The maximum atomic E-state index is 10.4. The molecule has 0 N–H and O–H groups in total. The van der Waals surface area contributed by atoms with Crippen molar-refractivity contribution in [2.45, 2.75) is 6.42 Å². The zero-order valence-corrected chi connectivity index (χ0v) is 8.60. The Hall–Kier alpha value is -1.71. The zero-order chi connectivity index (χ0) is 10.7. The maximum absolute atomic E-state index is 10.4. The molecule has 0 radical (unpaired) electrons. The average Bonchev–Trinajstić information content (AvgIpc) is 2.72. The molecule has 0 bridgehead atoms. The highest BCUT2D eigenvalue weighted by atomic mass is 16.7. The van der Waals surface area contributed by atoms with E-state index in [0.717, 1.165) is 29.9 Å². The molecule has 0 saturated carbocycles. The van der Waals surface area contributed by atoms with Crippen molar-refractivity contribution in [2.24, 2.45) is 0 Å². The summed E-state index contributed by atoms with van der Waals surface area (Å²) in [5, 5.41) is 0. The molecule has 1 aromatic carbocycles. The summed E-state index contributed by atoms with van der Waals surface area (Å²) < 4.78 is 10.5. The molecule has 1 aromatic rings. The SMILES string of the molecule is CN(C=O)CCc1ccc2c(c1)OCO2. The predicted octanol–water partition coefficient (Wildman–Crippen LogP) is 1.05. The lowest BCUT2D eigenvalue weighted by atomic mass is 10.1. The van der Waals surface area contributed by atoms with E-state index in [2.05, 4.69) is 0 Å². The Morgan fingerprint density at radius 3 is 3.00 bits per heavy atom. The molecule has 2 rings (SSSR count). The van der Waals surface area contributed by atoms with Crippen LogP contribution >= 0.6 is 0 Å². The predicted molar refractivity (Wildman–Crippen MR) is 55.0 cm³/mol. The van der Waals surface area contributed by atoms with Crippen LogP contribution in [0.3, 0.4) is 0 Å². The number of benzene rings is 1. The van der Waals surface area contributed by atoms with Crippen LogP contribution in [0.5, 0.6) is 11.5 Å². The van der Waals surface area contributed by atoms with Gasteiger partial charge < -0.3 is 14.4 Å². The van der Waals surface area contributed by atoms with Crippen LogP contribution in [0.25, 0.3) is 0 Å². The average molecular weight is 207 g/mol. The van der Waals surface area contributed by atoms with E-state index in [4.69, 9.17) is 9.47 Å². The topological polar surface area (TPSA) is 38.8 Å². The first-order chi connectivity index (χ1) is 7.29. The van der Waals surface area contributed by atoms with Crippen LogP contribution in [-0.2, 0) is 11.2 Å². The summed E-state index contributed by atoms with van der Waals surface area (Å²) in [7, 11) is 1.76. The highest BCUT2D eigenvalue weighted by molar-refractivity contribution is 5.47. The van der Waals surface area contributed by atoms with Crippen molar-refractivity contribution in [2.75, 3.05) is 20.4 Å². The van der Waals surface area contributed by atoms with Crippen LogP contribution in [-0.4, -0.2) is 31.7 Å². The second kappa shape index (κ2) is 4.21. The number of carbonyl (C=O) groups excluding carboxylic acids is 1. The van der Waals surface area contributed by atoms with Gasteiger partial charge in [-0.15, -0.1) is 0 Å². The van der Waals surface area contributed by atoms with Gasteiger partial charge in [-0.05, 0) is 24.1 Å². The molecule has 0 aliphatic carbocycles. The highest BCUT2D eigenvalue weighted by Crippen LogP contribution is 2.32. The van der Waals surface area contributed by atoms with Gasteiger partial charge in [0.25, 0.3) is 0 Å². The molecule has 0 unspecified atom stereocenters. The first-order valence-electron chi connectivity index (χ1n) is 4.83. The van der Waals surface area contributed by atoms with Crippen molar-refractivity contribution >= 4 is 6.41 Å². The Morgan fingerprint density at radius 1 is 1.40 bits per heavy atom. The van der Waals surface area contributed by atoms with E-state index in [-0.39, 0.29) is 0 Å². The lowest BCUT2D eigenvalue weighted by molar-refractivity contribution is -0.116. The largest absolute Gasteiger partial charge is 0.454 e. The van der Waals surface area contributed by atoms with E-state index in [9.17, 15) is 4.79 Å². The first-order valence-corrected chi connectivity index (χ1v) is 4.83. The quantitative estimate of drug-likeness (QED) is 0.692. The number of nitrogens with zero attached hydrogens (tertiary/aromatic N) is 1. The number of amides is 1. The second-order valence-electron chi connectivity index (χ2n) is 3.52. The number of fused-ring (bicyclic) bond motifs is 1. The Kier molecular flexibility index (Phi) is 2.76. The van der Waals surface area contributed by atoms with Crippen LogP contribution < -0.4 is 9.47 Å². The summed E-state index contributed by atoms with van der Waals surface area (Å²) in [5.74, 6) is 1.59. The lowest BCUT2D eigenvalue weighted by Crippen LogP contribution is -2.18. The van der Waals surface area contributed by atoms with Gasteiger partial charge in [0.15, 0.2) is 11.5 Å². The third kappa shape index (κ3) is 2.21. The van der Waals surface area contributed by atoms with Crippen molar-refractivity contribution in [3.05, 3.63) is 23.8 Å². The van der Waals surface area contributed by atoms with Gasteiger partial charge in [-0.3, -0.25) is 4.79 Å². The molecule has 4 heteroatoms. The summed E-state index contributed by atoms with van der Waals surface area (Å²) in [6, 6.07) is 5.85. The van der Waals surface area contributed by atoms with Crippen molar-refractivity contribution in [3.8, 4) is 11.5 Å². The minimum Gasteiger partial charge on any atom is -0.454 e. The zero-order valence-electron chi connectivity index (χ0n) is 8.60. The van der Waals surface area contributed by atoms with E-state index >= 15 is 0 Å². The fraction of sp³-hybridized carbons (Fsp3) is 0.364. The Balaban J connectivity index is 2.00. The van der Waals surface area contributed by atoms with Crippen LogP contribution in [0.2, 0.25) is 0 Å². The van der Waals surface area contributed by atoms with Crippen LogP contribution in [0.4, 0.5) is 0 Å². The van der Waals surface area contributed by atoms with E-state index in [1.807, 2.05) is 18.2 Å². The summed E-state index contributed by atoms with van der Waals surface area (Å²) in [6.07, 6.45) is 1.65. The monoisotopic (exact) mass is 207 g/mol. The van der Waals surface area contributed by atoms with Gasteiger partial charge in [0.05, 0.1) is 0 Å². The fourth-order valence-electron chi connectivity index (χ4n) is 1.45. The van der Waals surface area contributed by atoms with Crippen LogP contribution in [0.1, 0.15) is 5.56 Å². The summed E-state index contributed by atoms with van der Waals surface area (Å²) in [4.78, 5) is 12.0. The van der Waals surface area contributed by atoms with Gasteiger partial charge in [-0.1, -0.05) is 6.07 Å². The number of likely N-dealkylation sites (N-methyl/N-ethyl adjacent to an activating group) is 1. The molecular formula is C11H13NO3. The van der Waals surface area contributed by atoms with Gasteiger partial charge in [-0.2, -0.15) is 0 Å². The van der Waals surface area contributed by atoms with E-state index in [1.165, 1.54) is 0 Å². The Labute approximate surface area is 88.4 Å². The van der Waals surface area contributed by atoms with E-state index < -0.39 is 0 Å². The maximum Gasteiger partial charge on any atom is 0.231 e. The normalized spacial score (nSPS) is 12.6. The summed E-state index contributed by atoms with van der Waals surface area (Å²) in [6.45, 7) is 1.01. The first kappa shape index (κ1) is 9.83. The Morgan fingerprint density at radius 2 is 2.20 bits per heavy atom. The third-order valence-electron chi connectivity index (χ3n) is 2.37. The van der Waals surface area contributed by atoms with Crippen LogP contribution in [0.15, 0.2) is 18.2 Å². The molecular weight excluding hydrogens is 194 g/mol. The number of ether oxygens (including phenoxy) is 2. The molecule has 1 heterocycles. The molecule has 0 aromatic heterocycles. The molecule has 4 nitrogen and oxygen atoms in total. The third-order valence-corrected chi connectivity index (χ3v) is 2.37. The highest BCUT2D eigenvalue weighted by Gasteiger charge is 2.12. The van der Waals surface area contributed by atoms with Crippen LogP contribution in [0, 0.1) is 0 Å². The number of rotatable bonds is 4. The minimum atomic E-state index is 0.299. The van der Waals surface area contributed by atoms with Crippen molar-refractivity contribution in [1.82, 2.24) is 4.90 Å². The molecule has 0 spiro atoms. The Bertz CT molecular complexity index is 365. The molecule has 15 heavy (non-hydrogen) atoms. The van der Waals surface area contributed by atoms with Crippen molar-refractivity contribution in [1.29, 1.82) is 0 Å². The second-order valence-corrected chi connectivity index (χ2v) is 3.52. The summed E-state index contributed by atoms with van der Waals surface area (Å²) in [5.41, 5.74) is 1.15. The van der Waals surface area contributed by atoms with Crippen molar-refractivity contribution < 1.29 is 14.3 Å². The number of carbonyl (C=O) groups is 1. The minimum absolute atomic E-state index is 0.299. The smallest absolute Gasteiger partial charge is 0.231 e. The van der Waals surface area contributed by atoms with Gasteiger partial charge in [0.2, 0.25) is 13.2 Å². The number of hydrogen-bond donors (Lipinski definition) is 0. The lowest BCUT2D eigenvalue weighted by Gasteiger charge is -2.10. The summed E-state index contributed by atoms with van der Waals surface area (Å²) >= 11 is 0. The van der Waals surface area contributed by atoms with Gasteiger partial charge in [-0.25, -0.2) is 0 Å². The molecule has 0 fully saturated rings. The molecule has 0 atom stereocenters. The molecule has 1 aliphatic heterocycles. The molecule has 80 valence electrons.